The van der Waals surface area contributed by atoms with Crippen LogP contribution in [0.15, 0.2) is 29.2 Å². The van der Waals surface area contributed by atoms with Gasteiger partial charge in [0.15, 0.2) is 0 Å². The number of nitrogens with zero attached hydrogens (tertiary/aromatic N) is 1. The molecule has 1 aliphatic rings. The number of rotatable bonds is 6. The maximum Gasteiger partial charge on any atom is 0.315 e. The molecule has 0 radical (unpaired) electrons. The molecule has 1 amide bonds. The molecule has 2 rings (SSSR count). The number of ether oxygens (including phenoxy) is 1. The molecule has 8 heteroatoms. The topological polar surface area (TPSA) is 92.8 Å². The van der Waals surface area contributed by atoms with E-state index in [9.17, 15) is 18.0 Å². The SMILES string of the molecule is CCOC(=O)CC(=O)Nc1ccc(S(=O)(=O)N2CCCCCC2)cc1. The minimum atomic E-state index is -3.51. The molecule has 1 fully saturated rings. The van der Waals surface area contributed by atoms with Gasteiger partial charge >= 0.3 is 5.97 Å². The van der Waals surface area contributed by atoms with Crippen LogP contribution >= 0.6 is 0 Å². The first kappa shape index (κ1) is 19.4. The van der Waals surface area contributed by atoms with E-state index in [-0.39, 0.29) is 17.9 Å². The Kier molecular flexibility index (Phi) is 6.95. The number of nitrogens with one attached hydrogen (secondary N) is 1. The maximum absolute atomic E-state index is 12.7. The second-order valence-electron chi connectivity index (χ2n) is 5.87. The second kappa shape index (κ2) is 8.96. The zero-order chi connectivity index (χ0) is 18.3. The van der Waals surface area contributed by atoms with Gasteiger partial charge in [-0.15, -0.1) is 0 Å². The molecule has 1 saturated heterocycles. The zero-order valence-corrected chi connectivity index (χ0v) is 15.2. The number of sulfonamides is 1. The van der Waals surface area contributed by atoms with Crippen molar-refractivity contribution in [1.82, 2.24) is 4.31 Å². The summed E-state index contributed by atoms with van der Waals surface area (Å²) in [5.74, 6) is -1.10. The summed E-state index contributed by atoms with van der Waals surface area (Å²) in [6.07, 6.45) is 3.49. The molecule has 0 bridgehead atoms. The summed E-state index contributed by atoms with van der Waals surface area (Å²) in [6.45, 7) is 2.97. The summed E-state index contributed by atoms with van der Waals surface area (Å²) < 4.78 is 31.6. The molecule has 0 unspecified atom stereocenters. The van der Waals surface area contributed by atoms with E-state index in [1.807, 2.05) is 0 Å². The number of carbonyl (C=O) groups is 2. The van der Waals surface area contributed by atoms with Crippen molar-refractivity contribution in [3.05, 3.63) is 24.3 Å². The van der Waals surface area contributed by atoms with Crippen molar-refractivity contribution in [1.29, 1.82) is 0 Å². The Morgan fingerprint density at radius 2 is 1.68 bits per heavy atom. The van der Waals surface area contributed by atoms with Crippen molar-refractivity contribution in [2.75, 3.05) is 25.0 Å². The fraction of sp³-hybridized carbons (Fsp3) is 0.529. The summed E-state index contributed by atoms with van der Waals surface area (Å²) in [5.41, 5.74) is 0.434. The molecular weight excluding hydrogens is 344 g/mol. The van der Waals surface area contributed by atoms with Gasteiger partial charge in [0.1, 0.15) is 6.42 Å². The first-order valence-corrected chi connectivity index (χ1v) is 9.93. The Labute approximate surface area is 148 Å². The van der Waals surface area contributed by atoms with Gasteiger partial charge in [0.2, 0.25) is 15.9 Å². The monoisotopic (exact) mass is 368 g/mol. The molecule has 0 saturated carbocycles. The lowest BCUT2D eigenvalue weighted by Gasteiger charge is -2.20. The van der Waals surface area contributed by atoms with Crippen LogP contribution in [0.3, 0.4) is 0 Å². The first-order chi connectivity index (χ1) is 11.9. The van der Waals surface area contributed by atoms with Gasteiger partial charge in [0.05, 0.1) is 11.5 Å². The fourth-order valence-electron chi connectivity index (χ4n) is 2.69. The van der Waals surface area contributed by atoms with Gasteiger partial charge in [0, 0.05) is 18.8 Å². The van der Waals surface area contributed by atoms with Crippen LogP contribution in [0.2, 0.25) is 0 Å². The molecule has 138 valence electrons. The van der Waals surface area contributed by atoms with E-state index in [4.69, 9.17) is 4.74 Å². The summed E-state index contributed by atoms with van der Waals surface area (Å²) in [6, 6.07) is 5.99. The van der Waals surface area contributed by atoms with Crippen molar-refractivity contribution in [3.63, 3.8) is 0 Å². The molecule has 7 nitrogen and oxygen atoms in total. The summed E-state index contributed by atoms with van der Waals surface area (Å²) in [4.78, 5) is 23.2. The quantitative estimate of drug-likeness (QED) is 0.613. The number of benzene rings is 1. The van der Waals surface area contributed by atoms with Gasteiger partial charge in [0.25, 0.3) is 0 Å². The highest BCUT2D eigenvalue weighted by Gasteiger charge is 2.25. The first-order valence-electron chi connectivity index (χ1n) is 8.49. The van der Waals surface area contributed by atoms with E-state index in [0.717, 1.165) is 25.7 Å². The van der Waals surface area contributed by atoms with Gasteiger partial charge in [-0.2, -0.15) is 4.31 Å². The Morgan fingerprint density at radius 1 is 1.08 bits per heavy atom. The minimum absolute atomic E-state index is 0.206. The fourth-order valence-corrected chi connectivity index (χ4v) is 4.21. The predicted octanol–water partition coefficient (Wildman–Crippen LogP) is 2.14. The van der Waals surface area contributed by atoms with Crippen LogP contribution in [0.5, 0.6) is 0 Å². The van der Waals surface area contributed by atoms with Crippen molar-refractivity contribution < 1.29 is 22.7 Å². The van der Waals surface area contributed by atoms with Crippen molar-refractivity contribution >= 4 is 27.6 Å². The van der Waals surface area contributed by atoms with E-state index in [1.54, 1.807) is 6.92 Å². The van der Waals surface area contributed by atoms with E-state index in [2.05, 4.69) is 5.32 Å². The van der Waals surface area contributed by atoms with Gasteiger partial charge in [-0.25, -0.2) is 8.42 Å². The normalized spacial score (nSPS) is 16.0. The second-order valence-corrected chi connectivity index (χ2v) is 7.81. The number of hydrogen-bond donors (Lipinski definition) is 1. The van der Waals surface area contributed by atoms with Gasteiger partial charge in [-0.1, -0.05) is 12.8 Å². The number of hydrogen-bond acceptors (Lipinski definition) is 5. The molecule has 0 spiro atoms. The Morgan fingerprint density at radius 3 is 2.24 bits per heavy atom. The van der Waals surface area contributed by atoms with Crippen molar-refractivity contribution in [3.8, 4) is 0 Å². The summed E-state index contributed by atoms with van der Waals surface area (Å²) in [5, 5.41) is 2.55. The molecule has 1 aromatic rings. The third-order valence-corrected chi connectivity index (χ3v) is 5.86. The highest BCUT2D eigenvalue weighted by molar-refractivity contribution is 7.89. The van der Waals surface area contributed by atoms with Crippen LogP contribution in [0.4, 0.5) is 5.69 Å². The average molecular weight is 368 g/mol. The van der Waals surface area contributed by atoms with E-state index in [1.165, 1.54) is 28.6 Å². The molecule has 0 atom stereocenters. The molecular formula is C17H24N2O5S. The lowest BCUT2D eigenvalue weighted by atomic mass is 10.2. The third kappa shape index (κ3) is 5.54. The highest BCUT2D eigenvalue weighted by Crippen LogP contribution is 2.21. The van der Waals surface area contributed by atoms with Gasteiger partial charge in [-0.05, 0) is 44.0 Å². The molecule has 1 aromatic carbocycles. The summed E-state index contributed by atoms with van der Waals surface area (Å²) in [7, 11) is -3.51. The Balaban J connectivity index is 2.01. The molecule has 1 aliphatic heterocycles. The predicted molar refractivity (Wildman–Crippen MR) is 93.5 cm³/mol. The Bertz CT molecular complexity index is 692. The van der Waals surface area contributed by atoms with Crippen molar-refractivity contribution in [2.24, 2.45) is 0 Å². The van der Waals surface area contributed by atoms with E-state index < -0.39 is 21.9 Å². The standard InChI is InChI=1S/C17H24N2O5S/c1-2-24-17(21)13-16(20)18-14-7-9-15(10-8-14)25(22,23)19-11-5-3-4-6-12-19/h7-10H,2-6,11-13H2,1H3,(H,18,20). The van der Waals surface area contributed by atoms with Crippen LogP contribution in [0, 0.1) is 0 Å². The number of carbonyl (C=O) groups excluding carboxylic acids is 2. The van der Waals surface area contributed by atoms with E-state index in [0.29, 0.717) is 18.8 Å². The number of esters is 1. The van der Waals surface area contributed by atoms with Gasteiger partial charge < -0.3 is 10.1 Å². The van der Waals surface area contributed by atoms with Crippen LogP contribution in [0.25, 0.3) is 0 Å². The average Bonchev–Trinajstić information content (AvgIpc) is 2.85. The molecule has 0 aliphatic carbocycles. The molecule has 0 aromatic heterocycles. The van der Waals surface area contributed by atoms with Crippen molar-refractivity contribution in [2.45, 2.75) is 43.9 Å². The highest BCUT2D eigenvalue weighted by atomic mass is 32.2. The lowest BCUT2D eigenvalue weighted by molar-refractivity contribution is -0.145. The lowest BCUT2D eigenvalue weighted by Crippen LogP contribution is -2.31. The summed E-state index contributed by atoms with van der Waals surface area (Å²) >= 11 is 0. The Hall–Kier alpha value is -1.93. The molecule has 25 heavy (non-hydrogen) atoms. The van der Waals surface area contributed by atoms with Crippen LogP contribution in [-0.2, 0) is 24.3 Å². The van der Waals surface area contributed by atoms with E-state index >= 15 is 0 Å². The molecule has 1 heterocycles. The van der Waals surface area contributed by atoms with Crippen LogP contribution in [-0.4, -0.2) is 44.3 Å². The molecule has 1 N–H and O–H groups in total. The van der Waals surface area contributed by atoms with Gasteiger partial charge in [-0.3, -0.25) is 9.59 Å². The zero-order valence-electron chi connectivity index (χ0n) is 14.4. The van der Waals surface area contributed by atoms with Crippen LogP contribution in [0.1, 0.15) is 39.0 Å². The minimum Gasteiger partial charge on any atom is -0.466 e. The van der Waals surface area contributed by atoms with Crippen LogP contribution < -0.4 is 5.32 Å². The third-order valence-electron chi connectivity index (χ3n) is 3.95. The maximum atomic E-state index is 12.7. The number of amides is 1. The largest absolute Gasteiger partial charge is 0.466 e. The smallest absolute Gasteiger partial charge is 0.315 e. The number of anilines is 1.